The Bertz CT molecular complexity index is 629. The molecule has 0 aliphatic heterocycles. The number of nitrogens with one attached hydrogen (secondary N) is 1. The van der Waals surface area contributed by atoms with Gasteiger partial charge in [-0.1, -0.05) is 24.6 Å². The van der Waals surface area contributed by atoms with Crippen LogP contribution in [0.4, 0.5) is 5.69 Å². The Morgan fingerprint density at radius 2 is 2.14 bits per heavy atom. The van der Waals surface area contributed by atoms with E-state index in [1.165, 1.54) is 0 Å². The normalized spacial score (nSPS) is 16.3. The molecule has 1 atom stereocenters. The van der Waals surface area contributed by atoms with Gasteiger partial charge in [0.05, 0.1) is 11.9 Å². The fourth-order valence-corrected chi connectivity index (χ4v) is 3.59. The Kier molecular flexibility index (Phi) is 4.78. The molecule has 21 heavy (non-hydrogen) atoms. The lowest BCUT2D eigenvalue weighted by molar-refractivity contribution is -0.122. The van der Waals surface area contributed by atoms with E-state index in [1.807, 2.05) is 0 Å². The number of hydrogen-bond donors (Lipinski definition) is 1. The summed E-state index contributed by atoms with van der Waals surface area (Å²) in [6, 6.07) is 5.94. The first-order valence-corrected chi connectivity index (χ1v) is 9.11. The minimum atomic E-state index is -3.59. The third-order valence-corrected chi connectivity index (χ3v) is 4.73. The monoisotopic (exact) mass is 330 g/mol. The van der Waals surface area contributed by atoms with Crippen molar-refractivity contribution in [3.63, 3.8) is 0 Å². The Morgan fingerprint density at radius 1 is 1.48 bits per heavy atom. The molecule has 0 saturated heterocycles. The number of anilines is 1. The highest BCUT2D eigenvalue weighted by Crippen LogP contribution is 2.26. The topological polar surface area (TPSA) is 66.5 Å². The SMILES string of the molecule is CCC(C(=O)NC1CC1)N(c1cccc(Cl)c1)S(C)(=O)=O. The molecule has 1 aromatic carbocycles. The minimum absolute atomic E-state index is 0.187. The summed E-state index contributed by atoms with van der Waals surface area (Å²) in [6.45, 7) is 1.79. The van der Waals surface area contributed by atoms with Crippen molar-refractivity contribution in [2.75, 3.05) is 10.6 Å². The zero-order valence-corrected chi connectivity index (χ0v) is 13.6. The molecule has 1 amide bonds. The van der Waals surface area contributed by atoms with E-state index in [2.05, 4.69) is 5.32 Å². The number of nitrogens with zero attached hydrogens (tertiary/aromatic N) is 1. The highest BCUT2D eigenvalue weighted by Gasteiger charge is 2.34. The summed E-state index contributed by atoms with van der Waals surface area (Å²) >= 11 is 5.94. The molecule has 2 rings (SSSR count). The van der Waals surface area contributed by atoms with Gasteiger partial charge < -0.3 is 5.32 Å². The summed E-state index contributed by atoms with van der Waals surface area (Å²) in [6.07, 6.45) is 3.40. The van der Waals surface area contributed by atoms with Gasteiger partial charge in [-0.15, -0.1) is 0 Å². The van der Waals surface area contributed by atoms with Crippen LogP contribution in [-0.2, 0) is 14.8 Å². The fraction of sp³-hybridized carbons (Fsp3) is 0.500. The first-order valence-electron chi connectivity index (χ1n) is 6.88. The van der Waals surface area contributed by atoms with Crippen LogP contribution >= 0.6 is 11.6 Å². The molecule has 1 unspecified atom stereocenters. The molecule has 0 radical (unpaired) electrons. The van der Waals surface area contributed by atoms with Crippen molar-refractivity contribution in [3.05, 3.63) is 29.3 Å². The maximum Gasteiger partial charge on any atom is 0.244 e. The highest BCUT2D eigenvalue weighted by atomic mass is 35.5. The molecule has 116 valence electrons. The van der Waals surface area contributed by atoms with Crippen LogP contribution in [0.1, 0.15) is 26.2 Å². The van der Waals surface area contributed by atoms with Crippen molar-refractivity contribution >= 4 is 33.2 Å². The van der Waals surface area contributed by atoms with Crippen molar-refractivity contribution in [2.45, 2.75) is 38.3 Å². The molecule has 1 aliphatic carbocycles. The second kappa shape index (κ2) is 6.23. The molecule has 1 aromatic rings. The van der Waals surface area contributed by atoms with Gasteiger partial charge >= 0.3 is 0 Å². The van der Waals surface area contributed by atoms with Gasteiger partial charge in [-0.2, -0.15) is 0 Å². The summed E-state index contributed by atoms with van der Waals surface area (Å²) in [7, 11) is -3.59. The van der Waals surface area contributed by atoms with Crippen LogP contribution in [0.3, 0.4) is 0 Å². The molecule has 1 fully saturated rings. The number of hydrogen-bond acceptors (Lipinski definition) is 3. The third-order valence-electron chi connectivity index (χ3n) is 3.32. The molecule has 1 N–H and O–H groups in total. The summed E-state index contributed by atoms with van der Waals surface area (Å²) < 4.78 is 25.5. The molecule has 0 aromatic heterocycles. The maximum absolute atomic E-state index is 12.3. The molecule has 7 heteroatoms. The third kappa shape index (κ3) is 4.11. The van der Waals surface area contributed by atoms with Crippen LogP contribution in [0.25, 0.3) is 0 Å². The molecule has 0 bridgehead atoms. The summed E-state index contributed by atoms with van der Waals surface area (Å²) in [5.74, 6) is -0.259. The first kappa shape index (κ1) is 16.1. The maximum atomic E-state index is 12.3. The van der Waals surface area contributed by atoms with Crippen molar-refractivity contribution in [1.29, 1.82) is 0 Å². The van der Waals surface area contributed by atoms with Gasteiger partial charge in [-0.3, -0.25) is 9.10 Å². The van der Waals surface area contributed by atoms with E-state index >= 15 is 0 Å². The number of rotatable bonds is 6. The average molecular weight is 331 g/mol. The molecular formula is C14H19ClN2O3S. The predicted molar refractivity (Wildman–Crippen MR) is 84.0 cm³/mol. The number of carbonyl (C=O) groups excluding carboxylic acids is 1. The number of benzene rings is 1. The van der Waals surface area contributed by atoms with Crippen LogP contribution < -0.4 is 9.62 Å². The van der Waals surface area contributed by atoms with Crippen LogP contribution in [-0.4, -0.2) is 32.7 Å². The van der Waals surface area contributed by atoms with E-state index < -0.39 is 16.1 Å². The fourth-order valence-electron chi connectivity index (χ4n) is 2.20. The summed E-state index contributed by atoms with van der Waals surface area (Å²) in [5.41, 5.74) is 0.405. The largest absolute Gasteiger partial charge is 0.352 e. The van der Waals surface area contributed by atoms with Crippen LogP contribution in [0.2, 0.25) is 5.02 Å². The lowest BCUT2D eigenvalue weighted by atomic mass is 10.2. The summed E-state index contributed by atoms with van der Waals surface area (Å²) in [5, 5.41) is 3.29. The smallest absolute Gasteiger partial charge is 0.244 e. The van der Waals surface area contributed by atoms with Crippen LogP contribution in [0.15, 0.2) is 24.3 Å². The van der Waals surface area contributed by atoms with Gasteiger partial charge in [-0.05, 0) is 37.5 Å². The van der Waals surface area contributed by atoms with Gasteiger partial charge in [0.1, 0.15) is 6.04 Å². The quantitative estimate of drug-likeness (QED) is 0.869. The molecule has 0 spiro atoms. The van der Waals surface area contributed by atoms with Crippen LogP contribution in [0, 0.1) is 0 Å². The number of amides is 1. The Balaban J connectivity index is 2.35. The molecule has 1 saturated carbocycles. The van der Waals surface area contributed by atoms with Gasteiger partial charge in [-0.25, -0.2) is 8.42 Å². The first-order chi connectivity index (χ1) is 9.82. The van der Waals surface area contributed by atoms with Crippen molar-refractivity contribution in [1.82, 2.24) is 5.32 Å². The average Bonchev–Trinajstić information content (AvgIpc) is 3.17. The van der Waals surface area contributed by atoms with Gasteiger partial charge in [0, 0.05) is 11.1 Å². The van der Waals surface area contributed by atoms with E-state index in [9.17, 15) is 13.2 Å². The number of sulfonamides is 1. The highest BCUT2D eigenvalue weighted by molar-refractivity contribution is 7.92. The zero-order valence-electron chi connectivity index (χ0n) is 12.0. The Morgan fingerprint density at radius 3 is 2.62 bits per heavy atom. The lowest BCUT2D eigenvalue weighted by Gasteiger charge is -2.30. The van der Waals surface area contributed by atoms with E-state index in [1.54, 1.807) is 31.2 Å². The second-order valence-corrected chi connectivity index (χ2v) is 7.54. The van der Waals surface area contributed by atoms with Crippen molar-refractivity contribution in [3.8, 4) is 0 Å². The van der Waals surface area contributed by atoms with Gasteiger partial charge in [0.2, 0.25) is 15.9 Å². The lowest BCUT2D eigenvalue weighted by Crippen LogP contribution is -2.49. The van der Waals surface area contributed by atoms with E-state index in [4.69, 9.17) is 11.6 Å². The zero-order chi connectivity index (χ0) is 15.6. The Hall–Kier alpha value is -1.27. The van der Waals surface area contributed by atoms with E-state index in [0.717, 1.165) is 23.4 Å². The van der Waals surface area contributed by atoms with Crippen molar-refractivity contribution in [2.24, 2.45) is 0 Å². The van der Waals surface area contributed by atoms with Crippen LogP contribution in [0.5, 0.6) is 0 Å². The minimum Gasteiger partial charge on any atom is -0.352 e. The molecule has 0 heterocycles. The van der Waals surface area contributed by atoms with Crippen molar-refractivity contribution < 1.29 is 13.2 Å². The summed E-state index contributed by atoms with van der Waals surface area (Å²) in [4.78, 5) is 12.3. The molecule has 5 nitrogen and oxygen atoms in total. The van der Waals surface area contributed by atoms with E-state index in [0.29, 0.717) is 17.1 Å². The second-order valence-electron chi connectivity index (χ2n) is 5.25. The number of halogens is 1. The van der Waals surface area contributed by atoms with Gasteiger partial charge in [0.25, 0.3) is 0 Å². The molecular weight excluding hydrogens is 312 g/mol. The number of carbonyl (C=O) groups is 1. The standard InChI is InChI=1S/C14H19ClN2O3S/c1-3-13(14(18)16-11-7-8-11)17(21(2,19)20)12-6-4-5-10(15)9-12/h4-6,9,11,13H,3,7-8H2,1-2H3,(H,16,18). The molecule has 1 aliphatic rings. The van der Waals surface area contributed by atoms with Gasteiger partial charge in [0.15, 0.2) is 0 Å². The van der Waals surface area contributed by atoms with E-state index in [-0.39, 0.29) is 11.9 Å². The predicted octanol–water partition coefficient (Wildman–Crippen LogP) is 2.16. The Labute approximate surface area is 130 Å².